The summed E-state index contributed by atoms with van der Waals surface area (Å²) in [5.74, 6) is 0.726. The molecule has 1 amide bonds. The summed E-state index contributed by atoms with van der Waals surface area (Å²) >= 11 is 0. The standard InChI is InChI=1S/C11H21NO/c1-8-7-11(3,4)6-5-10(8)12-9(2)13/h8,10H,5-7H2,1-4H3,(H,12,13)/t8-,10-/m0/s1. The van der Waals surface area contributed by atoms with Gasteiger partial charge in [-0.15, -0.1) is 0 Å². The van der Waals surface area contributed by atoms with Gasteiger partial charge in [-0.05, 0) is 30.6 Å². The highest BCUT2D eigenvalue weighted by Gasteiger charge is 2.32. The summed E-state index contributed by atoms with van der Waals surface area (Å²) in [6, 6.07) is 0.408. The maximum atomic E-state index is 10.9. The maximum Gasteiger partial charge on any atom is 0.217 e. The van der Waals surface area contributed by atoms with Crippen molar-refractivity contribution >= 4 is 5.91 Å². The van der Waals surface area contributed by atoms with Gasteiger partial charge in [0.25, 0.3) is 0 Å². The van der Waals surface area contributed by atoms with E-state index in [0.717, 1.165) is 6.42 Å². The van der Waals surface area contributed by atoms with E-state index in [0.29, 0.717) is 17.4 Å². The molecule has 0 heterocycles. The summed E-state index contributed by atoms with van der Waals surface area (Å²) in [4.78, 5) is 10.9. The predicted octanol–water partition coefficient (Wildman–Crippen LogP) is 2.34. The van der Waals surface area contributed by atoms with E-state index in [2.05, 4.69) is 26.1 Å². The molecule has 2 heteroatoms. The van der Waals surface area contributed by atoms with Crippen LogP contribution in [0.25, 0.3) is 0 Å². The second-order valence-corrected chi connectivity index (χ2v) is 5.19. The Labute approximate surface area is 81.1 Å². The molecule has 2 atom stereocenters. The zero-order chi connectivity index (χ0) is 10.1. The van der Waals surface area contributed by atoms with Gasteiger partial charge < -0.3 is 5.32 Å². The van der Waals surface area contributed by atoms with Crippen molar-refractivity contribution in [2.45, 2.75) is 53.0 Å². The Bertz CT molecular complexity index is 198. The highest BCUT2D eigenvalue weighted by atomic mass is 16.1. The summed E-state index contributed by atoms with van der Waals surface area (Å²) in [6.45, 7) is 8.47. The first-order valence-electron chi connectivity index (χ1n) is 5.18. The number of rotatable bonds is 1. The van der Waals surface area contributed by atoms with E-state index in [4.69, 9.17) is 0 Å². The van der Waals surface area contributed by atoms with Crippen molar-refractivity contribution in [2.24, 2.45) is 11.3 Å². The van der Waals surface area contributed by atoms with Crippen molar-refractivity contribution in [3.8, 4) is 0 Å². The van der Waals surface area contributed by atoms with Crippen LogP contribution in [0.15, 0.2) is 0 Å². The van der Waals surface area contributed by atoms with Gasteiger partial charge in [0.05, 0.1) is 0 Å². The van der Waals surface area contributed by atoms with Crippen molar-refractivity contribution in [1.82, 2.24) is 5.32 Å². The molecule has 0 bridgehead atoms. The topological polar surface area (TPSA) is 29.1 Å². The Morgan fingerprint density at radius 2 is 2.08 bits per heavy atom. The second-order valence-electron chi connectivity index (χ2n) is 5.19. The van der Waals surface area contributed by atoms with E-state index >= 15 is 0 Å². The minimum atomic E-state index is 0.108. The zero-order valence-electron chi connectivity index (χ0n) is 9.18. The number of amides is 1. The van der Waals surface area contributed by atoms with Crippen LogP contribution in [0.5, 0.6) is 0 Å². The average molecular weight is 183 g/mol. The van der Waals surface area contributed by atoms with Gasteiger partial charge in [-0.1, -0.05) is 20.8 Å². The van der Waals surface area contributed by atoms with Crippen molar-refractivity contribution in [1.29, 1.82) is 0 Å². The van der Waals surface area contributed by atoms with E-state index in [9.17, 15) is 4.79 Å². The highest BCUT2D eigenvalue weighted by molar-refractivity contribution is 5.73. The fourth-order valence-corrected chi connectivity index (χ4v) is 2.42. The smallest absolute Gasteiger partial charge is 0.217 e. The first-order valence-corrected chi connectivity index (χ1v) is 5.18. The van der Waals surface area contributed by atoms with E-state index in [1.807, 2.05) is 0 Å². The normalized spacial score (nSPS) is 32.6. The highest BCUT2D eigenvalue weighted by Crippen LogP contribution is 2.38. The molecule has 0 aromatic carbocycles. The molecule has 0 saturated heterocycles. The van der Waals surface area contributed by atoms with Crippen LogP contribution >= 0.6 is 0 Å². The number of carbonyl (C=O) groups excluding carboxylic acids is 1. The molecule has 1 aliphatic carbocycles. The summed E-state index contributed by atoms with van der Waals surface area (Å²) in [7, 11) is 0. The minimum Gasteiger partial charge on any atom is -0.353 e. The van der Waals surface area contributed by atoms with Gasteiger partial charge in [0.2, 0.25) is 5.91 Å². The van der Waals surface area contributed by atoms with Crippen LogP contribution < -0.4 is 5.32 Å². The fourth-order valence-electron chi connectivity index (χ4n) is 2.42. The van der Waals surface area contributed by atoms with Crippen molar-refractivity contribution in [3.05, 3.63) is 0 Å². The minimum absolute atomic E-state index is 0.108. The van der Waals surface area contributed by atoms with Crippen LogP contribution in [0.1, 0.15) is 47.0 Å². The fraction of sp³-hybridized carbons (Fsp3) is 0.909. The van der Waals surface area contributed by atoms with E-state index < -0.39 is 0 Å². The van der Waals surface area contributed by atoms with Gasteiger partial charge in [0, 0.05) is 13.0 Å². The van der Waals surface area contributed by atoms with Crippen LogP contribution in [0.2, 0.25) is 0 Å². The largest absolute Gasteiger partial charge is 0.353 e. The SMILES string of the molecule is CC(=O)N[C@H]1CCC(C)(C)C[C@@H]1C. The number of hydrogen-bond donors (Lipinski definition) is 1. The summed E-state index contributed by atoms with van der Waals surface area (Å²) in [6.07, 6.45) is 3.58. The van der Waals surface area contributed by atoms with E-state index in [1.165, 1.54) is 12.8 Å². The molecular formula is C11H21NO. The monoisotopic (exact) mass is 183 g/mol. The summed E-state index contributed by atoms with van der Waals surface area (Å²) in [5, 5.41) is 3.03. The Hall–Kier alpha value is -0.530. The summed E-state index contributed by atoms with van der Waals surface area (Å²) in [5.41, 5.74) is 0.467. The second kappa shape index (κ2) is 3.69. The van der Waals surface area contributed by atoms with Gasteiger partial charge >= 0.3 is 0 Å². The third-order valence-electron chi connectivity index (χ3n) is 3.08. The van der Waals surface area contributed by atoms with Crippen molar-refractivity contribution in [2.75, 3.05) is 0 Å². The maximum absolute atomic E-state index is 10.9. The summed E-state index contributed by atoms with van der Waals surface area (Å²) < 4.78 is 0. The van der Waals surface area contributed by atoms with Crippen molar-refractivity contribution in [3.63, 3.8) is 0 Å². The molecule has 0 aromatic heterocycles. The first-order chi connectivity index (χ1) is 5.91. The lowest BCUT2D eigenvalue weighted by molar-refractivity contribution is -0.120. The molecule has 1 aliphatic rings. The van der Waals surface area contributed by atoms with Crippen molar-refractivity contribution < 1.29 is 4.79 Å². The van der Waals surface area contributed by atoms with Gasteiger partial charge in [-0.2, -0.15) is 0 Å². The molecule has 76 valence electrons. The molecule has 1 rings (SSSR count). The van der Waals surface area contributed by atoms with Crippen LogP contribution in [0.3, 0.4) is 0 Å². The lowest BCUT2D eigenvalue weighted by atomic mass is 9.70. The lowest BCUT2D eigenvalue weighted by Gasteiger charge is -2.39. The predicted molar refractivity (Wildman–Crippen MR) is 54.4 cm³/mol. The Balaban J connectivity index is 2.49. The molecular weight excluding hydrogens is 162 g/mol. The zero-order valence-corrected chi connectivity index (χ0v) is 9.18. The number of nitrogens with one attached hydrogen (secondary N) is 1. The van der Waals surface area contributed by atoms with Crippen LogP contribution in [-0.4, -0.2) is 11.9 Å². The third-order valence-corrected chi connectivity index (χ3v) is 3.08. The van der Waals surface area contributed by atoms with Gasteiger partial charge in [0.15, 0.2) is 0 Å². The molecule has 0 radical (unpaired) electrons. The van der Waals surface area contributed by atoms with Gasteiger partial charge in [0.1, 0.15) is 0 Å². The van der Waals surface area contributed by atoms with Crippen LogP contribution in [0.4, 0.5) is 0 Å². The number of carbonyl (C=O) groups is 1. The Morgan fingerprint density at radius 1 is 1.46 bits per heavy atom. The van der Waals surface area contributed by atoms with Gasteiger partial charge in [-0.3, -0.25) is 4.79 Å². The quantitative estimate of drug-likeness (QED) is 0.664. The molecule has 0 aromatic rings. The molecule has 0 spiro atoms. The third kappa shape index (κ3) is 3.02. The molecule has 0 unspecified atom stereocenters. The molecule has 1 N–H and O–H groups in total. The molecule has 0 aliphatic heterocycles. The van der Waals surface area contributed by atoms with E-state index in [1.54, 1.807) is 6.92 Å². The Morgan fingerprint density at radius 3 is 2.54 bits per heavy atom. The molecule has 1 saturated carbocycles. The molecule has 2 nitrogen and oxygen atoms in total. The van der Waals surface area contributed by atoms with E-state index in [-0.39, 0.29) is 5.91 Å². The first kappa shape index (κ1) is 10.6. The van der Waals surface area contributed by atoms with Gasteiger partial charge in [-0.25, -0.2) is 0 Å². The number of hydrogen-bond acceptors (Lipinski definition) is 1. The average Bonchev–Trinajstić information content (AvgIpc) is 1.93. The molecule has 1 fully saturated rings. The lowest BCUT2D eigenvalue weighted by Crippen LogP contribution is -2.43. The Kier molecular flexibility index (Phi) is 2.99. The molecule has 13 heavy (non-hydrogen) atoms. The van der Waals surface area contributed by atoms with Crippen LogP contribution in [-0.2, 0) is 4.79 Å². The van der Waals surface area contributed by atoms with Crippen LogP contribution in [0, 0.1) is 11.3 Å².